The molecule has 0 bridgehead atoms. The van der Waals surface area contributed by atoms with Gasteiger partial charge in [0.05, 0.1) is 17.9 Å². The number of rotatable bonds is 1. The van der Waals surface area contributed by atoms with Gasteiger partial charge in [0.2, 0.25) is 0 Å². The summed E-state index contributed by atoms with van der Waals surface area (Å²) in [5, 5.41) is 10.0. The van der Waals surface area contributed by atoms with Crippen LogP contribution in [0.2, 0.25) is 0 Å². The molecule has 4 aliphatic heterocycles. The maximum absolute atomic E-state index is 12.4. The molecule has 0 aliphatic carbocycles. The molecule has 0 radical (unpaired) electrons. The van der Waals surface area contributed by atoms with Crippen molar-refractivity contribution in [3.8, 4) is 0 Å². The molecule has 162 valence electrons. The van der Waals surface area contributed by atoms with Crippen LogP contribution in [0.1, 0.15) is 54.0 Å². The van der Waals surface area contributed by atoms with Gasteiger partial charge in [0.1, 0.15) is 5.60 Å². The highest BCUT2D eigenvalue weighted by Crippen LogP contribution is 2.47. The second-order valence-corrected chi connectivity index (χ2v) is 9.27. The van der Waals surface area contributed by atoms with Gasteiger partial charge in [-0.3, -0.25) is 5.32 Å². The molecular formula is C25H29N3O3. The van der Waals surface area contributed by atoms with Gasteiger partial charge in [-0.2, -0.15) is 0 Å². The highest BCUT2D eigenvalue weighted by molar-refractivity contribution is 5.89. The Morgan fingerprint density at radius 2 is 1.77 bits per heavy atom. The smallest absolute Gasteiger partial charge is 0.412 e. The number of benzene rings is 2. The second-order valence-electron chi connectivity index (χ2n) is 9.27. The Balaban J connectivity index is 1.33. The lowest BCUT2D eigenvalue weighted by molar-refractivity contribution is -0.0898. The van der Waals surface area contributed by atoms with Gasteiger partial charge in [0.15, 0.2) is 0 Å². The molecule has 0 aromatic heterocycles. The summed E-state index contributed by atoms with van der Waals surface area (Å²) in [6.45, 7) is 3.40. The molecule has 6 heteroatoms. The minimum atomic E-state index is -0.506. The van der Waals surface area contributed by atoms with E-state index in [0.717, 1.165) is 69.6 Å². The number of nitrogens with one attached hydrogen (secondary N) is 3. The number of amides is 1. The summed E-state index contributed by atoms with van der Waals surface area (Å²) < 4.78 is 12.3. The lowest BCUT2D eigenvalue weighted by Gasteiger charge is -2.45. The predicted molar refractivity (Wildman–Crippen MR) is 118 cm³/mol. The van der Waals surface area contributed by atoms with Crippen LogP contribution in [0.3, 0.4) is 0 Å². The first-order valence-electron chi connectivity index (χ1n) is 11.5. The molecule has 2 spiro atoms. The Hall–Kier alpha value is -2.41. The van der Waals surface area contributed by atoms with Gasteiger partial charge in [0, 0.05) is 30.9 Å². The molecule has 2 aromatic rings. The summed E-state index contributed by atoms with van der Waals surface area (Å²) >= 11 is 0. The number of carbonyl (C=O) groups excluding carboxylic acids is 1. The standard InChI is InChI=1S/C25H29N3O3/c29-23-28-21-15-18(5-6-20(21)24(31-23)8-11-26-12-9-24)22-16-25(10-13-27-22)19-4-2-1-3-17(19)7-14-30-25/h1-6,15,22,26-27H,7-14,16H2,(H,28,29). The van der Waals surface area contributed by atoms with Crippen LogP contribution >= 0.6 is 0 Å². The van der Waals surface area contributed by atoms with Crippen molar-refractivity contribution in [2.75, 3.05) is 31.6 Å². The zero-order valence-electron chi connectivity index (χ0n) is 17.7. The van der Waals surface area contributed by atoms with E-state index in [-0.39, 0.29) is 17.7 Å². The predicted octanol–water partition coefficient (Wildman–Crippen LogP) is 3.72. The van der Waals surface area contributed by atoms with Crippen LogP contribution in [0, 0.1) is 0 Å². The maximum Gasteiger partial charge on any atom is 0.412 e. The molecule has 6 nitrogen and oxygen atoms in total. The third kappa shape index (κ3) is 3.16. The Morgan fingerprint density at radius 1 is 0.935 bits per heavy atom. The van der Waals surface area contributed by atoms with Crippen molar-refractivity contribution in [2.24, 2.45) is 0 Å². The minimum Gasteiger partial charge on any atom is -0.438 e. The van der Waals surface area contributed by atoms with Crippen LogP contribution in [-0.2, 0) is 27.1 Å². The Bertz CT molecular complexity index is 1020. The van der Waals surface area contributed by atoms with Gasteiger partial charge in [-0.15, -0.1) is 0 Å². The molecule has 1 amide bonds. The van der Waals surface area contributed by atoms with Crippen LogP contribution in [0.5, 0.6) is 0 Å². The summed E-state index contributed by atoms with van der Waals surface area (Å²) in [5.74, 6) is 0. The van der Waals surface area contributed by atoms with Crippen molar-refractivity contribution in [3.63, 3.8) is 0 Å². The van der Waals surface area contributed by atoms with Gasteiger partial charge in [-0.1, -0.05) is 36.4 Å². The quantitative estimate of drug-likeness (QED) is 0.657. The molecule has 2 fully saturated rings. The van der Waals surface area contributed by atoms with Crippen molar-refractivity contribution < 1.29 is 14.3 Å². The monoisotopic (exact) mass is 419 g/mol. The normalized spacial score (nSPS) is 29.0. The minimum absolute atomic E-state index is 0.175. The molecule has 3 N–H and O–H groups in total. The third-order valence-electron chi connectivity index (χ3n) is 7.58. The summed E-state index contributed by atoms with van der Waals surface area (Å²) in [7, 11) is 0. The molecule has 6 rings (SSSR count). The average Bonchev–Trinajstić information content (AvgIpc) is 2.80. The first kappa shape index (κ1) is 19.3. The van der Waals surface area contributed by atoms with Gasteiger partial charge in [-0.25, -0.2) is 4.79 Å². The highest BCUT2D eigenvalue weighted by atomic mass is 16.6. The Morgan fingerprint density at radius 3 is 2.68 bits per heavy atom. The summed E-state index contributed by atoms with van der Waals surface area (Å²) in [6, 6.07) is 15.4. The average molecular weight is 420 g/mol. The molecule has 4 aliphatic rings. The number of piperidine rings is 2. The fourth-order valence-corrected chi connectivity index (χ4v) is 6.03. The lowest BCUT2D eigenvalue weighted by atomic mass is 9.75. The van der Waals surface area contributed by atoms with Crippen LogP contribution in [0.25, 0.3) is 0 Å². The largest absolute Gasteiger partial charge is 0.438 e. The zero-order valence-corrected chi connectivity index (χ0v) is 17.7. The summed E-state index contributed by atoms with van der Waals surface area (Å²) in [4.78, 5) is 12.4. The van der Waals surface area contributed by atoms with E-state index in [9.17, 15) is 4.79 Å². The summed E-state index contributed by atoms with van der Waals surface area (Å²) in [6.07, 6.45) is 4.13. The van der Waals surface area contributed by atoms with Crippen molar-refractivity contribution in [1.29, 1.82) is 0 Å². The number of hydrogen-bond donors (Lipinski definition) is 3. The van der Waals surface area contributed by atoms with Crippen LogP contribution in [0.15, 0.2) is 42.5 Å². The molecule has 2 unspecified atom stereocenters. The molecular weight excluding hydrogens is 390 g/mol. The van der Waals surface area contributed by atoms with E-state index in [1.165, 1.54) is 16.7 Å². The fraction of sp³-hybridized carbons (Fsp3) is 0.480. The fourth-order valence-electron chi connectivity index (χ4n) is 6.03. The number of carbonyl (C=O) groups is 1. The zero-order chi connectivity index (χ0) is 20.9. The first-order valence-corrected chi connectivity index (χ1v) is 11.5. The van der Waals surface area contributed by atoms with Crippen molar-refractivity contribution >= 4 is 11.8 Å². The molecule has 2 saturated heterocycles. The van der Waals surface area contributed by atoms with E-state index >= 15 is 0 Å². The van der Waals surface area contributed by atoms with Crippen LogP contribution in [0.4, 0.5) is 10.5 Å². The van der Waals surface area contributed by atoms with Crippen LogP contribution in [-0.4, -0.2) is 32.3 Å². The van der Waals surface area contributed by atoms with E-state index in [1.54, 1.807) is 0 Å². The van der Waals surface area contributed by atoms with Crippen molar-refractivity contribution in [3.05, 3.63) is 64.7 Å². The van der Waals surface area contributed by atoms with Crippen LogP contribution < -0.4 is 16.0 Å². The number of fused-ring (bicyclic) bond motifs is 4. The Labute approximate surface area is 182 Å². The van der Waals surface area contributed by atoms with Crippen molar-refractivity contribution in [2.45, 2.75) is 49.3 Å². The molecule has 2 atom stereocenters. The SMILES string of the molecule is O=C1Nc2cc(C3CC4(CCN3)OCCc3ccccc34)ccc2C2(CCNCC2)O1. The van der Waals surface area contributed by atoms with E-state index in [0.29, 0.717) is 0 Å². The number of hydrogen-bond acceptors (Lipinski definition) is 5. The van der Waals surface area contributed by atoms with E-state index in [1.807, 2.05) is 0 Å². The van der Waals surface area contributed by atoms with E-state index < -0.39 is 5.60 Å². The van der Waals surface area contributed by atoms with Gasteiger partial charge < -0.3 is 20.1 Å². The Kier molecular flexibility index (Phi) is 4.56. The van der Waals surface area contributed by atoms with Gasteiger partial charge in [-0.05, 0) is 55.2 Å². The molecule has 0 saturated carbocycles. The van der Waals surface area contributed by atoms with E-state index in [4.69, 9.17) is 9.47 Å². The van der Waals surface area contributed by atoms with Gasteiger partial charge >= 0.3 is 6.09 Å². The third-order valence-corrected chi connectivity index (χ3v) is 7.58. The highest BCUT2D eigenvalue weighted by Gasteiger charge is 2.45. The molecule has 31 heavy (non-hydrogen) atoms. The molecule has 2 aromatic carbocycles. The lowest BCUT2D eigenvalue weighted by Crippen LogP contribution is -2.47. The second kappa shape index (κ2) is 7.33. The molecule has 4 heterocycles. The number of ether oxygens (including phenoxy) is 2. The first-order chi connectivity index (χ1) is 15.2. The van der Waals surface area contributed by atoms with Gasteiger partial charge in [0.25, 0.3) is 0 Å². The topological polar surface area (TPSA) is 71.6 Å². The summed E-state index contributed by atoms with van der Waals surface area (Å²) in [5.41, 5.74) is 5.20. The maximum atomic E-state index is 12.4. The van der Waals surface area contributed by atoms with Crippen molar-refractivity contribution in [1.82, 2.24) is 10.6 Å². The van der Waals surface area contributed by atoms with E-state index in [2.05, 4.69) is 58.4 Å². The number of anilines is 1.